The Morgan fingerprint density at radius 2 is 1.52 bits per heavy atom. The Hall–Kier alpha value is -1.13. The van der Waals surface area contributed by atoms with Crippen LogP contribution in [0.4, 0.5) is 0 Å². The molecule has 2 aromatic carbocycles. The van der Waals surface area contributed by atoms with Crippen LogP contribution in [0.5, 0.6) is 0 Å². The van der Waals surface area contributed by atoms with Gasteiger partial charge in [0.15, 0.2) is 8.32 Å². The molecule has 0 aliphatic carbocycles. The topological polar surface area (TPSA) is 29.5 Å². The van der Waals surface area contributed by atoms with Crippen molar-refractivity contribution in [2.75, 3.05) is 6.61 Å². The zero-order valence-corrected chi connectivity index (χ0v) is 17.5. The maximum atomic E-state index is 10.2. The summed E-state index contributed by atoms with van der Waals surface area (Å²) in [6.45, 7) is 11.2. The average molecular weight is 377 g/mol. The minimum absolute atomic E-state index is 0.0337. The van der Waals surface area contributed by atoms with Crippen LogP contribution in [-0.2, 0) is 4.43 Å². The predicted molar refractivity (Wildman–Crippen MR) is 109 cm³/mol. The SMILES string of the molecule is CC(C)(C)[Si](C)(C)O[C@@H](c1ccc(Cl)cc1)[C@H](CO)c1ccccc1. The van der Waals surface area contributed by atoms with Gasteiger partial charge in [0.05, 0.1) is 12.7 Å². The molecule has 2 rings (SSSR count). The third kappa shape index (κ3) is 4.95. The van der Waals surface area contributed by atoms with Crippen molar-refractivity contribution in [3.63, 3.8) is 0 Å². The van der Waals surface area contributed by atoms with E-state index in [0.717, 1.165) is 11.1 Å². The quantitative estimate of drug-likeness (QED) is 0.610. The summed E-state index contributed by atoms with van der Waals surface area (Å²) in [4.78, 5) is 0. The molecule has 2 aromatic rings. The average Bonchev–Trinajstić information content (AvgIpc) is 2.55. The second kappa shape index (κ2) is 8.04. The normalized spacial score (nSPS) is 15.0. The number of rotatable bonds is 6. The molecule has 0 unspecified atom stereocenters. The van der Waals surface area contributed by atoms with Crippen LogP contribution in [0.15, 0.2) is 54.6 Å². The zero-order valence-electron chi connectivity index (χ0n) is 15.8. The van der Waals surface area contributed by atoms with Crippen LogP contribution in [0.1, 0.15) is 43.9 Å². The molecule has 25 heavy (non-hydrogen) atoms. The Morgan fingerprint density at radius 3 is 2.00 bits per heavy atom. The van der Waals surface area contributed by atoms with Crippen LogP contribution in [0.2, 0.25) is 23.2 Å². The molecule has 0 aliphatic rings. The van der Waals surface area contributed by atoms with Crippen molar-refractivity contribution in [3.05, 3.63) is 70.7 Å². The fourth-order valence-electron chi connectivity index (χ4n) is 2.61. The summed E-state index contributed by atoms with van der Waals surface area (Å²) in [5, 5.41) is 11.0. The number of aliphatic hydroxyl groups excluding tert-OH is 1. The summed E-state index contributed by atoms with van der Waals surface area (Å²) in [6.07, 6.45) is -0.203. The fourth-order valence-corrected chi connectivity index (χ4v) is 4.02. The van der Waals surface area contributed by atoms with Crippen LogP contribution >= 0.6 is 11.6 Å². The smallest absolute Gasteiger partial charge is 0.192 e. The van der Waals surface area contributed by atoms with Gasteiger partial charge in [-0.15, -0.1) is 0 Å². The molecule has 0 bridgehead atoms. The third-order valence-electron chi connectivity index (χ3n) is 5.22. The van der Waals surface area contributed by atoms with Crippen molar-refractivity contribution in [3.8, 4) is 0 Å². The molecule has 4 heteroatoms. The predicted octanol–water partition coefficient (Wildman–Crippen LogP) is 6.18. The molecule has 0 radical (unpaired) electrons. The number of halogens is 1. The maximum absolute atomic E-state index is 10.2. The van der Waals surface area contributed by atoms with Gasteiger partial charge in [0.25, 0.3) is 0 Å². The Bertz CT molecular complexity index is 663. The first-order valence-corrected chi connectivity index (χ1v) is 12.0. The van der Waals surface area contributed by atoms with Crippen molar-refractivity contribution in [2.24, 2.45) is 0 Å². The van der Waals surface area contributed by atoms with Gasteiger partial charge in [0.1, 0.15) is 0 Å². The van der Waals surface area contributed by atoms with E-state index < -0.39 is 8.32 Å². The summed E-state index contributed by atoms with van der Waals surface area (Å²) in [5.41, 5.74) is 2.14. The second-order valence-electron chi connectivity index (χ2n) is 8.05. The van der Waals surface area contributed by atoms with Gasteiger partial charge < -0.3 is 9.53 Å². The molecule has 2 atom stereocenters. The van der Waals surface area contributed by atoms with E-state index in [1.807, 2.05) is 42.5 Å². The molecule has 0 fully saturated rings. The highest BCUT2D eigenvalue weighted by Gasteiger charge is 2.41. The van der Waals surface area contributed by atoms with E-state index in [-0.39, 0.29) is 23.7 Å². The van der Waals surface area contributed by atoms with Gasteiger partial charge in [-0.2, -0.15) is 0 Å². The standard InChI is InChI=1S/C21H29ClO2Si/c1-21(2,3)25(4,5)24-20(17-11-13-18(22)14-12-17)19(15-23)16-9-7-6-8-10-16/h6-14,19-20,23H,15H2,1-5H3/t19-,20+/m1/s1. The lowest BCUT2D eigenvalue weighted by molar-refractivity contribution is 0.114. The largest absolute Gasteiger partial charge is 0.409 e. The van der Waals surface area contributed by atoms with Gasteiger partial charge in [-0.05, 0) is 41.4 Å². The number of aliphatic hydroxyl groups is 1. The number of hydrogen-bond donors (Lipinski definition) is 1. The molecule has 0 aromatic heterocycles. The molecule has 0 saturated heterocycles. The summed E-state index contributed by atoms with van der Waals surface area (Å²) in [7, 11) is -2.02. The number of benzene rings is 2. The highest BCUT2D eigenvalue weighted by Crippen LogP contribution is 2.43. The van der Waals surface area contributed by atoms with Crippen molar-refractivity contribution < 1.29 is 9.53 Å². The van der Waals surface area contributed by atoms with E-state index in [2.05, 4.69) is 46.0 Å². The molecule has 0 saturated carbocycles. The fraction of sp³-hybridized carbons (Fsp3) is 0.429. The van der Waals surface area contributed by atoms with Gasteiger partial charge in [0.2, 0.25) is 0 Å². The van der Waals surface area contributed by atoms with E-state index in [1.165, 1.54) is 0 Å². The summed E-state index contributed by atoms with van der Waals surface area (Å²) in [5.74, 6) is -0.114. The van der Waals surface area contributed by atoms with Crippen LogP contribution < -0.4 is 0 Å². The van der Waals surface area contributed by atoms with Crippen LogP contribution in [0, 0.1) is 0 Å². The Labute approximate surface area is 157 Å². The van der Waals surface area contributed by atoms with E-state index in [0.29, 0.717) is 5.02 Å². The molecule has 0 aliphatic heterocycles. The Balaban J connectivity index is 2.46. The van der Waals surface area contributed by atoms with Gasteiger partial charge >= 0.3 is 0 Å². The molecule has 0 heterocycles. The molecule has 136 valence electrons. The lowest BCUT2D eigenvalue weighted by atomic mass is 9.90. The molecular weight excluding hydrogens is 348 g/mol. The van der Waals surface area contributed by atoms with Gasteiger partial charge in [0, 0.05) is 10.9 Å². The Morgan fingerprint density at radius 1 is 0.960 bits per heavy atom. The minimum Gasteiger partial charge on any atom is -0.409 e. The monoisotopic (exact) mass is 376 g/mol. The lowest BCUT2D eigenvalue weighted by Crippen LogP contribution is -2.43. The molecule has 1 N–H and O–H groups in total. The third-order valence-corrected chi connectivity index (χ3v) is 9.92. The van der Waals surface area contributed by atoms with E-state index in [4.69, 9.17) is 16.0 Å². The van der Waals surface area contributed by atoms with Crippen molar-refractivity contribution in [1.29, 1.82) is 0 Å². The van der Waals surface area contributed by atoms with Gasteiger partial charge in [-0.25, -0.2) is 0 Å². The zero-order chi connectivity index (χ0) is 18.7. The highest BCUT2D eigenvalue weighted by atomic mass is 35.5. The highest BCUT2D eigenvalue weighted by molar-refractivity contribution is 6.74. The first kappa shape index (κ1) is 20.2. The summed E-state index contributed by atoms with van der Waals surface area (Å²) in [6, 6.07) is 17.9. The number of hydrogen-bond acceptors (Lipinski definition) is 2. The first-order valence-electron chi connectivity index (χ1n) is 8.75. The van der Waals surface area contributed by atoms with Gasteiger partial charge in [-0.3, -0.25) is 0 Å². The summed E-state index contributed by atoms with van der Waals surface area (Å²) >= 11 is 6.07. The van der Waals surface area contributed by atoms with Crippen LogP contribution in [0.3, 0.4) is 0 Å². The lowest BCUT2D eigenvalue weighted by Gasteiger charge is -2.41. The maximum Gasteiger partial charge on any atom is 0.192 e. The van der Waals surface area contributed by atoms with Crippen LogP contribution in [-0.4, -0.2) is 20.0 Å². The first-order chi connectivity index (χ1) is 11.7. The van der Waals surface area contributed by atoms with E-state index in [9.17, 15) is 5.11 Å². The molecular formula is C21H29ClO2Si. The molecule has 0 spiro atoms. The van der Waals surface area contributed by atoms with Crippen molar-refractivity contribution >= 4 is 19.9 Å². The second-order valence-corrected chi connectivity index (χ2v) is 13.2. The minimum atomic E-state index is -2.02. The summed E-state index contributed by atoms with van der Waals surface area (Å²) < 4.78 is 6.77. The van der Waals surface area contributed by atoms with E-state index in [1.54, 1.807) is 0 Å². The molecule has 2 nitrogen and oxygen atoms in total. The Kier molecular flexibility index (Phi) is 6.49. The van der Waals surface area contributed by atoms with Gasteiger partial charge in [-0.1, -0.05) is 74.8 Å². The van der Waals surface area contributed by atoms with Crippen molar-refractivity contribution in [2.45, 2.75) is 50.9 Å². The molecule has 0 amide bonds. The van der Waals surface area contributed by atoms with E-state index >= 15 is 0 Å². The van der Waals surface area contributed by atoms with Crippen molar-refractivity contribution in [1.82, 2.24) is 0 Å². The van der Waals surface area contributed by atoms with Crippen LogP contribution in [0.25, 0.3) is 0 Å².